The van der Waals surface area contributed by atoms with Gasteiger partial charge in [-0.2, -0.15) is 0 Å². The van der Waals surface area contributed by atoms with Gasteiger partial charge in [-0.25, -0.2) is 4.98 Å². The van der Waals surface area contributed by atoms with Crippen molar-refractivity contribution in [3.63, 3.8) is 0 Å². The van der Waals surface area contributed by atoms with E-state index in [1.54, 1.807) is 0 Å². The first-order valence-electron chi connectivity index (χ1n) is 11.0. The number of piperazine rings is 1. The molecule has 0 bridgehead atoms. The van der Waals surface area contributed by atoms with E-state index < -0.39 is 0 Å². The third-order valence-electron chi connectivity index (χ3n) is 6.67. The number of benzene rings is 2. The fourth-order valence-corrected chi connectivity index (χ4v) is 4.96. The second-order valence-electron chi connectivity index (χ2n) is 8.36. The van der Waals surface area contributed by atoms with Crippen LogP contribution < -0.4 is 4.90 Å². The molecule has 2 aliphatic heterocycles. The highest BCUT2D eigenvalue weighted by molar-refractivity contribution is 5.85. The first-order chi connectivity index (χ1) is 14.9. The Bertz CT molecular complexity index is 965. The van der Waals surface area contributed by atoms with E-state index >= 15 is 0 Å². The van der Waals surface area contributed by atoms with Crippen LogP contribution in [0.1, 0.15) is 23.1 Å². The van der Waals surface area contributed by atoms with E-state index in [1.807, 2.05) is 12.3 Å². The number of pyridine rings is 1. The van der Waals surface area contributed by atoms with Crippen LogP contribution in [0, 0.1) is 0 Å². The van der Waals surface area contributed by atoms with Crippen LogP contribution in [0.2, 0.25) is 0 Å². The molecular weight excluding hydrogens is 441 g/mol. The summed E-state index contributed by atoms with van der Waals surface area (Å²) in [6.07, 6.45) is 2.95. The third kappa shape index (κ3) is 4.94. The van der Waals surface area contributed by atoms with Crippen LogP contribution in [0.3, 0.4) is 0 Å². The van der Waals surface area contributed by atoms with E-state index in [2.05, 4.69) is 81.5 Å². The van der Waals surface area contributed by atoms with Crippen LogP contribution >= 0.6 is 24.8 Å². The average molecular weight is 472 g/mol. The molecule has 3 heterocycles. The Balaban J connectivity index is 0.00000144. The van der Waals surface area contributed by atoms with E-state index in [-0.39, 0.29) is 30.2 Å². The number of fused-ring (bicyclic) bond motifs is 1. The first kappa shape index (κ1) is 24.5. The SMILES string of the molecule is Cl.Cl.c1ccc(C2(CCN3CCN(c4ccccn4)CC3)COCc3ccccc32)cc1. The third-order valence-corrected chi connectivity index (χ3v) is 6.67. The summed E-state index contributed by atoms with van der Waals surface area (Å²) in [5.41, 5.74) is 4.06. The number of hydrogen-bond acceptors (Lipinski definition) is 4. The normalized spacial score (nSPS) is 20.6. The standard InChI is InChI=1S/C26H29N3O.2ClH/c1-2-9-23(10-3-1)26(21-30-20-22-8-4-5-11-24(22)26)13-15-28-16-18-29(19-17-28)25-12-6-7-14-27-25;;/h1-12,14H,13,15-21H2;2*1H. The molecule has 4 nitrogen and oxygen atoms in total. The molecule has 2 aliphatic rings. The maximum absolute atomic E-state index is 6.15. The van der Waals surface area contributed by atoms with Crippen molar-refractivity contribution in [1.29, 1.82) is 0 Å². The highest BCUT2D eigenvalue weighted by Gasteiger charge is 2.39. The lowest BCUT2D eigenvalue weighted by Gasteiger charge is -2.42. The molecule has 32 heavy (non-hydrogen) atoms. The summed E-state index contributed by atoms with van der Waals surface area (Å²) in [4.78, 5) is 9.50. The number of nitrogens with zero attached hydrogens (tertiary/aromatic N) is 3. The summed E-state index contributed by atoms with van der Waals surface area (Å²) in [6, 6.07) is 25.9. The lowest BCUT2D eigenvalue weighted by Crippen LogP contribution is -2.49. The highest BCUT2D eigenvalue weighted by atomic mass is 35.5. The highest BCUT2D eigenvalue weighted by Crippen LogP contribution is 2.41. The van der Waals surface area contributed by atoms with Gasteiger partial charge in [0, 0.05) is 37.8 Å². The van der Waals surface area contributed by atoms with Crippen LogP contribution in [0.5, 0.6) is 0 Å². The van der Waals surface area contributed by atoms with Crippen LogP contribution in [0.25, 0.3) is 0 Å². The Kier molecular flexibility index (Phi) is 8.55. The molecule has 0 spiro atoms. The monoisotopic (exact) mass is 471 g/mol. The lowest BCUT2D eigenvalue weighted by molar-refractivity contribution is 0.0572. The summed E-state index contributed by atoms with van der Waals surface area (Å²) in [7, 11) is 0. The van der Waals surface area contributed by atoms with E-state index in [9.17, 15) is 0 Å². The van der Waals surface area contributed by atoms with E-state index in [0.717, 1.165) is 51.6 Å². The van der Waals surface area contributed by atoms with Gasteiger partial charge in [-0.1, -0.05) is 60.7 Å². The van der Waals surface area contributed by atoms with Crippen molar-refractivity contribution in [1.82, 2.24) is 9.88 Å². The molecule has 1 fully saturated rings. The largest absolute Gasteiger partial charge is 0.375 e. The summed E-state index contributed by atoms with van der Waals surface area (Å²) in [6.45, 7) is 6.75. The van der Waals surface area contributed by atoms with Crippen molar-refractivity contribution in [3.05, 3.63) is 95.7 Å². The van der Waals surface area contributed by atoms with Crippen LogP contribution in [-0.2, 0) is 16.8 Å². The number of hydrogen-bond donors (Lipinski definition) is 0. The maximum atomic E-state index is 6.15. The van der Waals surface area contributed by atoms with Gasteiger partial charge in [-0.05, 0) is 41.8 Å². The molecule has 170 valence electrons. The zero-order valence-corrected chi connectivity index (χ0v) is 19.9. The number of anilines is 1. The van der Waals surface area contributed by atoms with Crippen molar-refractivity contribution in [2.45, 2.75) is 18.4 Å². The van der Waals surface area contributed by atoms with Gasteiger partial charge in [0.15, 0.2) is 0 Å². The number of aromatic nitrogens is 1. The predicted octanol–water partition coefficient (Wildman–Crippen LogP) is 4.95. The molecule has 1 atom stereocenters. The Morgan fingerprint density at radius 1 is 0.812 bits per heavy atom. The maximum Gasteiger partial charge on any atom is 0.128 e. The van der Waals surface area contributed by atoms with Gasteiger partial charge in [0.2, 0.25) is 0 Å². The second kappa shape index (κ2) is 11.2. The number of halogens is 2. The molecule has 1 saturated heterocycles. The lowest BCUT2D eigenvalue weighted by atomic mass is 9.70. The molecule has 2 aromatic carbocycles. The van der Waals surface area contributed by atoms with Gasteiger partial charge in [0.1, 0.15) is 5.82 Å². The van der Waals surface area contributed by atoms with Crippen molar-refractivity contribution < 1.29 is 4.74 Å². The molecule has 3 aromatic rings. The Labute approximate surface area is 203 Å². The summed E-state index contributed by atoms with van der Waals surface area (Å²) in [5, 5.41) is 0. The van der Waals surface area contributed by atoms with E-state index in [0.29, 0.717) is 6.61 Å². The Morgan fingerprint density at radius 3 is 2.28 bits per heavy atom. The molecular formula is C26H31Cl2N3O. The van der Waals surface area contributed by atoms with Crippen molar-refractivity contribution in [3.8, 4) is 0 Å². The van der Waals surface area contributed by atoms with Crippen molar-refractivity contribution in [2.24, 2.45) is 0 Å². The molecule has 0 aliphatic carbocycles. The second-order valence-corrected chi connectivity index (χ2v) is 8.36. The summed E-state index contributed by atoms with van der Waals surface area (Å²) >= 11 is 0. The predicted molar refractivity (Wildman–Crippen MR) is 135 cm³/mol. The van der Waals surface area contributed by atoms with Gasteiger partial charge in [0.05, 0.1) is 13.2 Å². The number of rotatable bonds is 5. The minimum atomic E-state index is -0.0752. The van der Waals surface area contributed by atoms with Crippen molar-refractivity contribution >= 4 is 30.6 Å². The molecule has 0 saturated carbocycles. The minimum Gasteiger partial charge on any atom is -0.375 e. The molecule has 5 rings (SSSR count). The molecule has 0 N–H and O–H groups in total. The Hall–Kier alpha value is -2.11. The topological polar surface area (TPSA) is 28.6 Å². The van der Waals surface area contributed by atoms with Crippen LogP contribution in [-0.4, -0.2) is 49.2 Å². The van der Waals surface area contributed by atoms with E-state index in [1.165, 1.54) is 16.7 Å². The molecule has 6 heteroatoms. The fraction of sp³-hybridized carbons (Fsp3) is 0.346. The van der Waals surface area contributed by atoms with Gasteiger partial charge in [-0.3, -0.25) is 4.90 Å². The summed E-state index contributed by atoms with van der Waals surface area (Å²) < 4.78 is 6.15. The molecule has 1 unspecified atom stereocenters. The Morgan fingerprint density at radius 2 is 1.53 bits per heavy atom. The average Bonchev–Trinajstić information content (AvgIpc) is 2.84. The fourth-order valence-electron chi connectivity index (χ4n) is 4.96. The smallest absolute Gasteiger partial charge is 0.128 e. The van der Waals surface area contributed by atoms with Crippen molar-refractivity contribution in [2.75, 3.05) is 44.2 Å². The molecule has 0 amide bonds. The van der Waals surface area contributed by atoms with Crippen LogP contribution in [0.15, 0.2) is 79.0 Å². The first-order valence-corrected chi connectivity index (χ1v) is 11.0. The van der Waals surface area contributed by atoms with Gasteiger partial charge < -0.3 is 9.64 Å². The van der Waals surface area contributed by atoms with Gasteiger partial charge in [0.25, 0.3) is 0 Å². The quantitative estimate of drug-likeness (QED) is 0.525. The van der Waals surface area contributed by atoms with Crippen LogP contribution in [0.4, 0.5) is 5.82 Å². The number of ether oxygens (including phenoxy) is 1. The zero-order valence-electron chi connectivity index (χ0n) is 18.2. The van der Waals surface area contributed by atoms with E-state index in [4.69, 9.17) is 4.74 Å². The molecule has 1 aromatic heterocycles. The summed E-state index contributed by atoms with van der Waals surface area (Å²) in [5.74, 6) is 1.09. The minimum absolute atomic E-state index is 0. The zero-order chi connectivity index (χ0) is 20.2. The van der Waals surface area contributed by atoms with Gasteiger partial charge >= 0.3 is 0 Å². The van der Waals surface area contributed by atoms with Gasteiger partial charge in [-0.15, -0.1) is 24.8 Å². The molecule has 0 radical (unpaired) electrons.